The van der Waals surface area contributed by atoms with Crippen molar-refractivity contribution >= 4 is 0 Å². The number of likely N-dealkylation sites (tertiary alicyclic amines) is 1. The molecule has 1 saturated heterocycles. The van der Waals surface area contributed by atoms with E-state index in [-0.39, 0.29) is 0 Å². The molecule has 1 unspecified atom stereocenters. The van der Waals surface area contributed by atoms with Crippen LogP contribution in [0.2, 0.25) is 0 Å². The van der Waals surface area contributed by atoms with Gasteiger partial charge in [0.15, 0.2) is 0 Å². The molecule has 0 aromatic rings. The van der Waals surface area contributed by atoms with Gasteiger partial charge < -0.3 is 4.48 Å². The Balaban J connectivity index is 2.72. The van der Waals surface area contributed by atoms with Gasteiger partial charge in [-0.2, -0.15) is 0 Å². The Morgan fingerprint density at radius 2 is 1.50 bits per heavy atom. The second-order valence-electron chi connectivity index (χ2n) is 6.68. The fourth-order valence-electron chi connectivity index (χ4n) is 3.95. The van der Waals surface area contributed by atoms with Crippen molar-refractivity contribution in [1.82, 2.24) is 0 Å². The molecule has 0 aromatic carbocycles. The van der Waals surface area contributed by atoms with Gasteiger partial charge in [0.05, 0.1) is 25.2 Å². The number of nitrogens with zero attached hydrogens (tertiary/aromatic N) is 1. The minimum Gasteiger partial charge on any atom is -0.319 e. The predicted molar refractivity (Wildman–Crippen MR) is 81.8 cm³/mol. The Labute approximate surface area is 116 Å². The van der Waals surface area contributed by atoms with E-state index in [4.69, 9.17) is 0 Å². The Morgan fingerprint density at radius 3 is 2.00 bits per heavy atom. The molecule has 1 heteroatoms. The molecule has 18 heavy (non-hydrogen) atoms. The quantitative estimate of drug-likeness (QED) is 0.394. The molecule has 1 nitrogen and oxygen atoms in total. The molecule has 0 aliphatic carbocycles. The van der Waals surface area contributed by atoms with Gasteiger partial charge in [0.25, 0.3) is 0 Å². The molecule has 1 atom stereocenters. The van der Waals surface area contributed by atoms with Gasteiger partial charge >= 0.3 is 0 Å². The normalized spacial score (nSPS) is 22.0. The third kappa shape index (κ3) is 3.50. The van der Waals surface area contributed by atoms with E-state index in [2.05, 4.69) is 27.7 Å². The lowest BCUT2D eigenvalue weighted by Gasteiger charge is -2.50. The van der Waals surface area contributed by atoms with E-state index in [9.17, 15) is 0 Å². The summed E-state index contributed by atoms with van der Waals surface area (Å²) in [6.45, 7) is 14.0. The van der Waals surface area contributed by atoms with Crippen LogP contribution >= 0.6 is 0 Å². The van der Waals surface area contributed by atoms with Gasteiger partial charge in [0.2, 0.25) is 0 Å². The summed E-state index contributed by atoms with van der Waals surface area (Å²) in [5.74, 6) is 0. The summed E-state index contributed by atoms with van der Waals surface area (Å²) in [6.07, 6.45) is 12.7. The van der Waals surface area contributed by atoms with Gasteiger partial charge in [-0.05, 0) is 32.6 Å². The van der Waals surface area contributed by atoms with Crippen molar-refractivity contribution in [2.24, 2.45) is 0 Å². The maximum atomic E-state index is 2.58. The van der Waals surface area contributed by atoms with E-state index < -0.39 is 0 Å². The van der Waals surface area contributed by atoms with Crippen LogP contribution < -0.4 is 0 Å². The number of unbranched alkanes of at least 4 members (excludes halogenated alkanes) is 3. The summed E-state index contributed by atoms with van der Waals surface area (Å²) in [6, 6.07) is 0. The van der Waals surface area contributed by atoms with E-state index >= 15 is 0 Å². The third-order valence-electron chi connectivity index (χ3n) is 5.59. The molecule has 0 saturated carbocycles. The number of rotatable bonds is 9. The zero-order chi connectivity index (χ0) is 13.5. The van der Waals surface area contributed by atoms with E-state index in [1.165, 1.54) is 81.9 Å². The maximum Gasteiger partial charge on any atom is 0.0961 e. The molecule has 108 valence electrons. The third-order valence-corrected chi connectivity index (χ3v) is 5.59. The SMILES string of the molecule is CCCCC[N+]1(C(C)(CC)CCCC)CCCC1. The minimum atomic E-state index is 0.556. The second kappa shape index (κ2) is 7.53. The number of hydrogen-bond acceptors (Lipinski definition) is 0. The molecular weight excluding hydrogens is 218 g/mol. The molecule has 0 N–H and O–H groups in total. The van der Waals surface area contributed by atoms with Crippen LogP contribution in [0, 0.1) is 0 Å². The van der Waals surface area contributed by atoms with Crippen molar-refractivity contribution < 1.29 is 4.48 Å². The van der Waals surface area contributed by atoms with Gasteiger partial charge in [0.1, 0.15) is 0 Å². The van der Waals surface area contributed by atoms with Gasteiger partial charge in [0, 0.05) is 19.3 Å². The number of hydrogen-bond donors (Lipinski definition) is 0. The monoisotopic (exact) mass is 254 g/mol. The Morgan fingerprint density at radius 1 is 0.889 bits per heavy atom. The van der Waals surface area contributed by atoms with Crippen LogP contribution in [0.3, 0.4) is 0 Å². The molecule has 0 bridgehead atoms. The van der Waals surface area contributed by atoms with Gasteiger partial charge in [-0.3, -0.25) is 0 Å². The van der Waals surface area contributed by atoms with Crippen molar-refractivity contribution in [2.45, 2.75) is 91.0 Å². The highest BCUT2D eigenvalue weighted by molar-refractivity contribution is 4.78. The van der Waals surface area contributed by atoms with Gasteiger partial charge in [-0.25, -0.2) is 0 Å². The smallest absolute Gasteiger partial charge is 0.0961 e. The fraction of sp³-hybridized carbons (Fsp3) is 1.00. The molecule has 0 amide bonds. The summed E-state index contributed by atoms with van der Waals surface area (Å²) < 4.78 is 1.45. The first-order valence-corrected chi connectivity index (χ1v) is 8.50. The lowest BCUT2D eigenvalue weighted by molar-refractivity contribution is -0.965. The lowest BCUT2D eigenvalue weighted by Crippen LogP contribution is -2.61. The molecule has 0 aromatic heterocycles. The first-order chi connectivity index (χ1) is 8.64. The van der Waals surface area contributed by atoms with E-state index in [1.54, 1.807) is 0 Å². The van der Waals surface area contributed by atoms with Crippen molar-refractivity contribution in [1.29, 1.82) is 0 Å². The Kier molecular flexibility index (Phi) is 6.70. The van der Waals surface area contributed by atoms with Crippen LogP contribution in [0.15, 0.2) is 0 Å². The van der Waals surface area contributed by atoms with Crippen molar-refractivity contribution in [3.63, 3.8) is 0 Å². The highest BCUT2D eigenvalue weighted by Crippen LogP contribution is 2.38. The fourth-order valence-corrected chi connectivity index (χ4v) is 3.95. The van der Waals surface area contributed by atoms with Gasteiger partial charge in [-0.15, -0.1) is 0 Å². The van der Waals surface area contributed by atoms with Crippen LogP contribution in [-0.2, 0) is 0 Å². The maximum absolute atomic E-state index is 2.58. The van der Waals surface area contributed by atoms with Crippen molar-refractivity contribution in [3.05, 3.63) is 0 Å². The average Bonchev–Trinajstić information content (AvgIpc) is 2.86. The van der Waals surface area contributed by atoms with E-state index in [1.807, 2.05) is 0 Å². The topological polar surface area (TPSA) is 0 Å². The van der Waals surface area contributed by atoms with Crippen LogP contribution in [0.4, 0.5) is 0 Å². The molecule has 0 spiro atoms. The lowest BCUT2D eigenvalue weighted by atomic mass is 9.87. The summed E-state index contributed by atoms with van der Waals surface area (Å²) >= 11 is 0. The summed E-state index contributed by atoms with van der Waals surface area (Å²) in [5, 5.41) is 0. The van der Waals surface area contributed by atoms with Crippen LogP contribution in [0.1, 0.15) is 85.5 Å². The zero-order valence-corrected chi connectivity index (χ0v) is 13.4. The van der Waals surface area contributed by atoms with Crippen molar-refractivity contribution in [2.75, 3.05) is 19.6 Å². The summed E-state index contributed by atoms with van der Waals surface area (Å²) in [5.41, 5.74) is 0.556. The highest BCUT2D eigenvalue weighted by Gasteiger charge is 2.46. The second-order valence-corrected chi connectivity index (χ2v) is 6.68. The molecule has 1 aliphatic rings. The first kappa shape index (κ1) is 16.0. The van der Waals surface area contributed by atoms with Crippen LogP contribution in [0.5, 0.6) is 0 Å². The molecule has 1 heterocycles. The number of quaternary nitrogens is 1. The van der Waals surface area contributed by atoms with Gasteiger partial charge in [-0.1, -0.05) is 33.6 Å². The average molecular weight is 254 g/mol. The Bertz CT molecular complexity index is 218. The minimum absolute atomic E-state index is 0.556. The van der Waals surface area contributed by atoms with Crippen molar-refractivity contribution in [3.8, 4) is 0 Å². The standard InChI is InChI=1S/C17H36N/c1-5-8-10-14-18(15-11-12-16-18)17(4,7-3)13-9-6-2/h5-16H2,1-4H3/q+1. The highest BCUT2D eigenvalue weighted by atomic mass is 15.4. The molecule has 1 aliphatic heterocycles. The van der Waals surface area contributed by atoms with E-state index in [0.717, 1.165) is 0 Å². The Hall–Kier alpha value is -0.0400. The van der Waals surface area contributed by atoms with Crippen LogP contribution in [-0.4, -0.2) is 29.7 Å². The van der Waals surface area contributed by atoms with E-state index in [0.29, 0.717) is 5.54 Å². The first-order valence-electron chi connectivity index (χ1n) is 8.50. The molecular formula is C17H36N+. The molecule has 1 fully saturated rings. The summed E-state index contributed by atoms with van der Waals surface area (Å²) in [4.78, 5) is 0. The largest absolute Gasteiger partial charge is 0.319 e. The summed E-state index contributed by atoms with van der Waals surface area (Å²) in [7, 11) is 0. The van der Waals surface area contributed by atoms with Crippen LogP contribution in [0.25, 0.3) is 0 Å². The zero-order valence-electron chi connectivity index (χ0n) is 13.4. The molecule has 1 rings (SSSR count). The predicted octanol–water partition coefficient (Wildman–Crippen LogP) is 5.15. The molecule has 0 radical (unpaired) electrons.